The molecular weight excluding hydrogens is 372 g/mol. The van der Waals surface area contributed by atoms with Gasteiger partial charge in [0.25, 0.3) is 0 Å². The zero-order valence-corrected chi connectivity index (χ0v) is 16.9. The van der Waals surface area contributed by atoms with E-state index in [9.17, 15) is 14.7 Å². The van der Waals surface area contributed by atoms with E-state index in [0.29, 0.717) is 25.8 Å². The van der Waals surface area contributed by atoms with Crippen LogP contribution >= 0.6 is 0 Å². The van der Waals surface area contributed by atoms with E-state index in [4.69, 9.17) is 9.47 Å². The molecule has 0 spiro atoms. The number of piperidine rings is 2. The van der Waals surface area contributed by atoms with Gasteiger partial charge in [-0.3, -0.25) is 9.59 Å². The van der Waals surface area contributed by atoms with Crippen molar-refractivity contribution >= 4 is 22.8 Å². The topological polar surface area (TPSA) is 91.9 Å². The van der Waals surface area contributed by atoms with Gasteiger partial charge in [0.2, 0.25) is 5.91 Å². The summed E-state index contributed by atoms with van der Waals surface area (Å²) in [6.07, 6.45) is 1.05. The van der Waals surface area contributed by atoms with Gasteiger partial charge in [0.05, 0.1) is 26.4 Å². The van der Waals surface area contributed by atoms with E-state index in [1.807, 2.05) is 23.1 Å². The van der Waals surface area contributed by atoms with E-state index >= 15 is 0 Å². The van der Waals surface area contributed by atoms with E-state index in [0.717, 1.165) is 27.9 Å². The third kappa shape index (κ3) is 2.28. The average Bonchev–Trinajstić information content (AvgIpc) is 3.04. The molecule has 7 heteroatoms. The fourth-order valence-electron chi connectivity index (χ4n) is 6.15. The van der Waals surface area contributed by atoms with Gasteiger partial charge in [0.15, 0.2) is 0 Å². The summed E-state index contributed by atoms with van der Waals surface area (Å²) in [6.45, 7) is 2.28. The predicted molar refractivity (Wildman–Crippen MR) is 106 cm³/mol. The van der Waals surface area contributed by atoms with Gasteiger partial charge in [0, 0.05) is 35.0 Å². The van der Waals surface area contributed by atoms with Crippen LogP contribution in [0.1, 0.15) is 31.0 Å². The maximum absolute atomic E-state index is 13.4. The summed E-state index contributed by atoms with van der Waals surface area (Å²) >= 11 is 0. The quantitative estimate of drug-likeness (QED) is 0.769. The Hall–Kier alpha value is -2.54. The molecular formula is C22H26N2O5. The largest absolute Gasteiger partial charge is 0.497 e. The highest BCUT2D eigenvalue weighted by Crippen LogP contribution is 2.56. The minimum Gasteiger partial charge on any atom is -0.497 e. The van der Waals surface area contributed by atoms with Gasteiger partial charge < -0.3 is 24.5 Å². The molecule has 1 amide bonds. The molecule has 29 heavy (non-hydrogen) atoms. The van der Waals surface area contributed by atoms with Crippen molar-refractivity contribution in [3.8, 4) is 5.75 Å². The standard InChI is InChI=1S/C22H26N2O5/c1-11(25)15-8-12-10-22(21(27)29-3)18-14(6-7-24(19(15)22)20(12)26)16-9-13(28-2)4-5-17(16)23-18/h4-5,9,11-12,15,19,23,25H,6-8,10H2,1-3H3/t11-,12-,15?,19+,22-/m1/s1. The molecule has 4 bridgehead atoms. The number of fused-ring (bicyclic) bond motifs is 4. The number of nitrogens with one attached hydrogen (secondary N) is 1. The highest BCUT2D eigenvalue weighted by molar-refractivity contribution is 5.95. The van der Waals surface area contributed by atoms with E-state index < -0.39 is 17.6 Å². The van der Waals surface area contributed by atoms with E-state index in [1.54, 1.807) is 14.0 Å². The van der Waals surface area contributed by atoms with Gasteiger partial charge in [-0.05, 0) is 49.9 Å². The van der Waals surface area contributed by atoms with Crippen LogP contribution in [0.5, 0.6) is 5.75 Å². The lowest BCUT2D eigenvalue weighted by molar-refractivity contribution is -0.176. The lowest BCUT2D eigenvalue weighted by atomic mass is 9.55. The van der Waals surface area contributed by atoms with Crippen LogP contribution in [0.3, 0.4) is 0 Å². The first-order valence-electron chi connectivity index (χ1n) is 10.2. The van der Waals surface area contributed by atoms with Crippen molar-refractivity contribution in [3.05, 3.63) is 29.5 Å². The van der Waals surface area contributed by atoms with Gasteiger partial charge in [-0.15, -0.1) is 0 Å². The minimum atomic E-state index is -0.995. The molecule has 7 nitrogen and oxygen atoms in total. The number of amides is 1. The van der Waals surface area contributed by atoms with Crippen LogP contribution in [0.15, 0.2) is 18.2 Å². The first-order valence-corrected chi connectivity index (χ1v) is 10.2. The Morgan fingerprint density at radius 3 is 2.86 bits per heavy atom. The minimum absolute atomic E-state index is 0.0958. The Morgan fingerprint density at radius 1 is 1.38 bits per heavy atom. The number of H-pyrrole nitrogens is 1. The normalized spacial score (nSPS) is 31.4. The van der Waals surface area contributed by atoms with Crippen LogP contribution in [0.4, 0.5) is 0 Å². The van der Waals surface area contributed by atoms with Gasteiger partial charge >= 0.3 is 5.97 Å². The molecule has 6 rings (SSSR count). The maximum Gasteiger partial charge on any atom is 0.319 e. The smallest absolute Gasteiger partial charge is 0.319 e. The Balaban J connectivity index is 1.81. The Morgan fingerprint density at radius 2 is 2.17 bits per heavy atom. The molecule has 2 saturated heterocycles. The summed E-state index contributed by atoms with van der Waals surface area (Å²) < 4.78 is 10.7. The molecule has 1 aliphatic carbocycles. The zero-order valence-electron chi connectivity index (χ0n) is 16.9. The highest BCUT2D eigenvalue weighted by atomic mass is 16.5. The number of methoxy groups -OCH3 is 2. The summed E-state index contributed by atoms with van der Waals surface area (Å²) in [7, 11) is 3.03. The van der Waals surface area contributed by atoms with Crippen molar-refractivity contribution in [3.63, 3.8) is 0 Å². The first-order chi connectivity index (χ1) is 13.9. The van der Waals surface area contributed by atoms with Crippen LogP contribution < -0.4 is 4.74 Å². The SMILES string of the molecule is COC(=O)[C@@]12C[C@H]3CC([C@@H](C)O)[C@@H]1N(CCc1c2[nH]c2ccc(OC)cc12)C3=O. The molecule has 2 N–H and O–H groups in total. The Kier molecular flexibility index (Phi) is 3.97. The summed E-state index contributed by atoms with van der Waals surface area (Å²) in [5.74, 6) is 0.0527. The first kappa shape index (κ1) is 18.5. The summed E-state index contributed by atoms with van der Waals surface area (Å²) in [5, 5.41) is 11.5. The molecule has 1 aromatic carbocycles. The van der Waals surface area contributed by atoms with Crippen molar-refractivity contribution in [2.45, 2.75) is 43.7 Å². The number of carbonyl (C=O) groups is 2. The third-order valence-electron chi connectivity index (χ3n) is 7.34. The molecule has 5 atom stereocenters. The number of nitrogens with zero attached hydrogens (tertiary/aromatic N) is 1. The Bertz CT molecular complexity index is 1010. The van der Waals surface area contributed by atoms with Crippen molar-refractivity contribution in [1.29, 1.82) is 0 Å². The number of aliphatic hydroxyl groups is 1. The second-order valence-electron chi connectivity index (χ2n) is 8.62. The number of rotatable bonds is 3. The maximum atomic E-state index is 13.4. The van der Waals surface area contributed by atoms with Crippen molar-refractivity contribution in [2.24, 2.45) is 11.8 Å². The van der Waals surface area contributed by atoms with Gasteiger partial charge in [0.1, 0.15) is 11.2 Å². The fraction of sp³-hybridized carbons (Fsp3) is 0.545. The number of aromatic amines is 1. The second kappa shape index (κ2) is 6.23. The van der Waals surface area contributed by atoms with E-state index in [2.05, 4.69) is 4.98 Å². The fourth-order valence-corrected chi connectivity index (χ4v) is 6.15. The molecule has 1 aromatic heterocycles. The van der Waals surface area contributed by atoms with Crippen LogP contribution in [-0.2, 0) is 26.2 Å². The van der Waals surface area contributed by atoms with Crippen LogP contribution in [0, 0.1) is 11.8 Å². The molecule has 154 valence electrons. The number of esters is 1. The number of carbonyl (C=O) groups excluding carboxylic acids is 2. The Labute approximate surface area is 169 Å². The van der Waals surface area contributed by atoms with E-state index in [-0.39, 0.29) is 23.7 Å². The lowest BCUT2D eigenvalue weighted by Gasteiger charge is -2.57. The van der Waals surface area contributed by atoms with Crippen LogP contribution in [0.2, 0.25) is 0 Å². The molecule has 4 aliphatic rings. The molecule has 2 aromatic rings. The third-order valence-corrected chi connectivity index (χ3v) is 7.34. The van der Waals surface area contributed by atoms with Crippen molar-refractivity contribution < 1.29 is 24.2 Å². The number of aliphatic hydroxyl groups excluding tert-OH is 1. The van der Waals surface area contributed by atoms with E-state index in [1.165, 1.54) is 7.11 Å². The predicted octanol–water partition coefficient (Wildman–Crippen LogP) is 1.76. The average molecular weight is 398 g/mol. The monoisotopic (exact) mass is 398 g/mol. The lowest BCUT2D eigenvalue weighted by Crippen LogP contribution is -2.70. The zero-order chi connectivity index (χ0) is 20.5. The van der Waals surface area contributed by atoms with Crippen LogP contribution in [-0.4, -0.2) is 59.8 Å². The molecule has 0 radical (unpaired) electrons. The number of aromatic nitrogens is 1. The summed E-state index contributed by atoms with van der Waals surface area (Å²) in [4.78, 5) is 31.8. The van der Waals surface area contributed by atoms with Gasteiger partial charge in [-0.25, -0.2) is 0 Å². The molecule has 1 unspecified atom stereocenters. The van der Waals surface area contributed by atoms with Gasteiger partial charge in [-0.2, -0.15) is 0 Å². The second-order valence-corrected chi connectivity index (χ2v) is 8.62. The van der Waals surface area contributed by atoms with Crippen molar-refractivity contribution in [1.82, 2.24) is 9.88 Å². The number of hydrogen-bond acceptors (Lipinski definition) is 5. The molecule has 3 aliphatic heterocycles. The molecule has 3 fully saturated rings. The summed E-state index contributed by atoms with van der Waals surface area (Å²) in [6, 6.07) is 5.42. The highest BCUT2D eigenvalue weighted by Gasteiger charge is 2.66. The summed E-state index contributed by atoms with van der Waals surface area (Å²) in [5.41, 5.74) is 1.82. The number of benzene rings is 1. The van der Waals surface area contributed by atoms with Crippen molar-refractivity contribution in [2.75, 3.05) is 20.8 Å². The van der Waals surface area contributed by atoms with Gasteiger partial charge in [-0.1, -0.05) is 0 Å². The van der Waals surface area contributed by atoms with Crippen LogP contribution in [0.25, 0.3) is 10.9 Å². The molecule has 4 heterocycles. The number of ether oxygens (including phenoxy) is 2. The number of hydrogen-bond donors (Lipinski definition) is 2. The molecule has 1 saturated carbocycles.